The van der Waals surface area contributed by atoms with E-state index in [-0.39, 0.29) is 41.2 Å². The van der Waals surface area contributed by atoms with Gasteiger partial charge in [0.25, 0.3) is 0 Å². The summed E-state index contributed by atoms with van der Waals surface area (Å²) >= 11 is 0.948. The molecule has 1 aromatic heterocycles. The van der Waals surface area contributed by atoms with E-state index in [1.807, 2.05) is 13.8 Å². The van der Waals surface area contributed by atoms with Crippen molar-refractivity contribution in [3.05, 3.63) is 35.4 Å². The van der Waals surface area contributed by atoms with E-state index >= 15 is 0 Å². The predicted octanol–water partition coefficient (Wildman–Crippen LogP) is 3.19. The molecule has 0 saturated heterocycles. The molecule has 0 aliphatic rings. The third-order valence-corrected chi connectivity index (χ3v) is 5.43. The van der Waals surface area contributed by atoms with Crippen molar-refractivity contribution in [2.75, 3.05) is 22.9 Å². The molecule has 0 radical (unpaired) electrons. The number of hydrogen-bond donors (Lipinski definition) is 3. The van der Waals surface area contributed by atoms with Crippen LogP contribution in [0.4, 0.5) is 20.7 Å². The number of halogens is 2. The number of anilines is 2. The third kappa shape index (κ3) is 7.33. The molecule has 0 amide bonds. The molecule has 0 bridgehead atoms. The first-order valence-corrected chi connectivity index (χ1v) is 12.0. The van der Waals surface area contributed by atoms with Gasteiger partial charge in [-0.15, -0.1) is 0 Å². The van der Waals surface area contributed by atoms with Gasteiger partial charge in [0.2, 0.25) is 21.9 Å². The molecule has 0 aliphatic heterocycles. The van der Waals surface area contributed by atoms with Gasteiger partial charge in [-0.25, -0.2) is 17.2 Å². The van der Waals surface area contributed by atoms with Crippen molar-refractivity contribution >= 4 is 33.7 Å². The fourth-order valence-electron chi connectivity index (χ4n) is 2.73. The Hall–Kier alpha value is -2.05. The van der Waals surface area contributed by atoms with Gasteiger partial charge in [0, 0.05) is 10.8 Å². The minimum atomic E-state index is -3.67. The lowest BCUT2D eigenvalue weighted by Gasteiger charge is -2.19. The lowest BCUT2D eigenvalue weighted by atomic mass is 10.0. The SMILES string of the molecule is CC(C)C[C@H](CO)Nc1nc(NS(C)(=O)=O)nc(S[C@@H](C)c2c(F)cccc2F)n1. The first-order chi connectivity index (χ1) is 14.0. The van der Waals surface area contributed by atoms with Gasteiger partial charge >= 0.3 is 0 Å². The summed E-state index contributed by atoms with van der Waals surface area (Å²) in [7, 11) is -3.67. The summed E-state index contributed by atoms with van der Waals surface area (Å²) in [5.41, 5.74) is -0.136. The van der Waals surface area contributed by atoms with Gasteiger partial charge in [0.05, 0.1) is 18.9 Å². The van der Waals surface area contributed by atoms with Gasteiger partial charge < -0.3 is 10.4 Å². The van der Waals surface area contributed by atoms with Crippen molar-refractivity contribution in [1.82, 2.24) is 15.0 Å². The number of aromatic nitrogens is 3. The molecular formula is C18H25F2N5O3S2. The number of sulfonamides is 1. The maximum atomic E-state index is 14.1. The van der Waals surface area contributed by atoms with Crippen LogP contribution in [0.15, 0.2) is 23.4 Å². The summed E-state index contributed by atoms with van der Waals surface area (Å²) in [5, 5.41) is 11.9. The molecule has 2 atom stereocenters. The van der Waals surface area contributed by atoms with E-state index in [4.69, 9.17) is 0 Å². The van der Waals surface area contributed by atoms with E-state index in [0.717, 1.165) is 30.2 Å². The zero-order valence-corrected chi connectivity index (χ0v) is 18.7. The third-order valence-electron chi connectivity index (χ3n) is 3.89. The van der Waals surface area contributed by atoms with E-state index in [9.17, 15) is 22.3 Å². The summed E-state index contributed by atoms with van der Waals surface area (Å²) in [6, 6.07) is 3.22. The number of thioether (sulfide) groups is 1. The van der Waals surface area contributed by atoms with Crippen LogP contribution in [-0.4, -0.2) is 47.4 Å². The van der Waals surface area contributed by atoms with Crippen LogP contribution in [0, 0.1) is 17.6 Å². The quantitative estimate of drug-likeness (QED) is 0.462. The van der Waals surface area contributed by atoms with E-state index in [0.29, 0.717) is 6.42 Å². The second-order valence-electron chi connectivity index (χ2n) is 7.19. The topological polar surface area (TPSA) is 117 Å². The molecule has 2 rings (SSSR count). The number of nitrogens with one attached hydrogen (secondary N) is 2. The Balaban J connectivity index is 2.36. The summed E-state index contributed by atoms with van der Waals surface area (Å²) < 4.78 is 53.6. The largest absolute Gasteiger partial charge is 0.394 e. The number of aliphatic hydroxyl groups excluding tert-OH is 1. The van der Waals surface area contributed by atoms with Crippen molar-refractivity contribution in [2.24, 2.45) is 5.92 Å². The molecule has 1 aromatic carbocycles. The fraction of sp³-hybridized carbons (Fsp3) is 0.500. The second-order valence-corrected chi connectivity index (χ2v) is 10.2. The second kappa shape index (κ2) is 10.3. The average molecular weight is 462 g/mol. The van der Waals surface area contributed by atoms with Crippen LogP contribution >= 0.6 is 11.8 Å². The fourth-order valence-corrected chi connectivity index (χ4v) is 4.09. The van der Waals surface area contributed by atoms with Crippen molar-refractivity contribution < 1.29 is 22.3 Å². The number of rotatable bonds is 10. The molecule has 0 aliphatic carbocycles. The highest BCUT2D eigenvalue weighted by molar-refractivity contribution is 7.99. The number of hydrogen-bond acceptors (Lipinski definition) is 8. The first-order valence-electron chi connectivity index (χ1n) is 9.20. The average Bonchev–Trinajstić information content (AvgIpc) is 2.58. The molecule has 3 N–H and O–H groups in total. The Morgan fingerprint density at radius 2 is 1.70 bits per heavy atom. The van der Waals surface area contributed by atoms with Gasteiger partial charge in [-0.3, -0.25) is 4.72 Å². The molecule has 0 saturated carbocycles. The molecule has 30 heavy (non-hydrogen) atoms. The van der Waals surface area contributed by atoms with Crippen LogP contribution in [0.2, 0.25) is 0 Å². The molecule has 0 unspecified atom stereocenters. The van der Waals surface area contributed by atoms with E-state index in [2.05, 4.69) is 25.0 Å². The van der Waals surface area contributed by atoms with Gasteiger partial charge in [0.15, 0.2) is 5.16 Å². The van der Waals surface area contributed by atoms with Crippen LogP contribution in [-0.2, 0) is 10.0 Å². The summed E-state index contributed by atoms with van der Waals surface area (Å²) in [6.07, 6.45) is 1.57. The molecule has 0 fully saturated rings. The Morgan fingerprint density at radius 3 is 2.23 bits per heavy atom. The molecule has 12 heteroatoms. The molecular weight excluding hydrogens is 436 g/mol. The molecule has 1 heterocycles. The highest BCUT2D eigenvalue weighted by Gasteiger charge is 2.21. The first kappa shape index (κ1) is 24.2. The monoisotopic (exact) mass is 461 g/mol. The van der Waals surface area contributed by atoms with Crippen LogP contribution in [0.25, 0.3) is 0 Å². The molecule has 0 spiro atoms. The minimum Gasteiger partial charge on any atom is -0.394 e. The molecule has 166 valence electrons. The van der Waals surface area contributed by atoms with Crippen molar-refractivity contribution in [3.8, 4) is 0 Å². The van der Waals surface area contributed by atoms with Crippen LogP contribution in [0.5, 0.6) is 0 Å². The zero-order valence-electron chi connectivity index (χ0n) is 17.1. The van der Waals surface area contributed by atoms with Crippen LogP contribution in [0.1, 0.15) is 38.0 Å². The molecule has 8 nitrogen and oxygen atoms in total. The van der Waals surface area contributed by atoms with Gasteiger partial charge in [-0.2, -0.15) is 15.0 Å². The summed E-state index contributed by atoms with van der Waals surface area (Å²) in [4.78, 5) is 12.3. The number of aliphatic hydroxyl groups is 1. The van der Waals surface area contributed by atoms with E-state index in [1.165, 1.54) is 6.07 Å². The highest BCUT2D eigenvalue weighted by atomic mass is 32.2. The van der Waals surface area contributed by atoms with Crippen molar-refractivity contribution in [1.29, 1.82) is 0 Å². The smallest absolute Gasteiger partial charge is 0.242 e. The molecule has 2 aromatic rings. The highest BCUT2D eigenvalue weighted by Crippen LogP contribution is 2.36. The summed E-state index contributed by atoms with van der Waals surface area (Å²) in [6.45, 7) is 5.38. The number of benzene rings is 1. The maximum absolute atomic E-state index is 14.1. The van der Waals surface area contributed by atoms with E-state index in [1.54, 1.807) is 6.92 Å². The lowest BCUT2D eigenvalue weighted by Crippen LogP contribution is -2.27. The lowest BCUT2D eigenvalue weighted by molar-refractivity contribution is 0.259. The Bertz CT molecular complexity index is 956. The number of nitrogens with zero attached hydrogens (tertiary/aromatic N) is 3. The zero-order chi connectivity index (χ0) is 22.5. The van der Waals surface area contributed by atoms with Gasteiger partial charge in [0.1, 0.15) is 11.6 Å². The standard InChI is InChI=1S/C18H25F2N5O3S2/c1-10(2)8-12(9-26)21-16-22-17(25-30(4,27)28)24-18(23-16)29-11(3)15-13(19)6-5-7-14(15)20/h5-7,10-12,26H,8-9H2,1-4H3,(H2,21,22,23,24,25)/t11-,12+/m0/s1. The normalized spacial score (nSPS) is 13.9. The van der Waals surface area contributed by atoms with Gasteiger partial charge in [-0.05, 0) is 31.4 Å². The Labute approximate surface area is 179 Å². The van der Waals surface area contributed by atoms with Crippen LogP contribution in [0.3, 0.4) is 0 Å². The van der Waals surface area contributed by atoms with E-state index < -0.39 is 26.9 Å². The van der Waals surface area contributed by atoms with Crippen LogP contribution < -0.4 is 10.0 Å². The van der Waals surface area contributed by atoms with Crippen molar-refractivity contribution in [2.45, 2.75) is 43.6 Å². The maximum Gasteiger partial charge on any atom is 0.242 e. The Morgan fingerprint density at radius 1 is 1.10 bits per heavy atom. The summed E-state index contributed by atoms with van der Waals surface area (Å²) in [5.74, 6) is -1.31. The van der Waals surface area contributed by atoms with Gasteiger partial charge in [-0.1, -0.05) is 31.7 Å². The minimum absolute atomic E-state index is 0.0413. The van der Waals surface area contributed by atoms with Crippen molar-refractivity contribution in [3.63, 3.8) is 0 Å². The predicted molar refractivity (Wildman–Crippen MR) is 113 cm³/mol. The Kier molecular flexibility index (Phi) is 8.33.